The molecule has 3 aromatic rings. The molecule has 1 aliphatic heterocycles. The van der Waals surface area contributed by atoms with Gasteiger partial charge in [0, 0.05) is 23.7 Å². The lowest BCUT2D eigenvalue weighted by atomic mass is 10.2. The van der Waals surface area contributed by atoms with Crippen molar-refractivity contribution in [1.82, 2.24) is 9.55 Å². The first kappa shape index (κ1) is 18.1. The van der Waals surface area contributed by atoms with E-state index in [1.807, 2.05) is 18.2 Å². The molecule has 2 aromatic carbocycles. The van der Waals surface area contributed by atoms with Crippen LogP contribution in [0.2, 0.25) is 10.0 Å². The van der Waals surface area contributed by atoms with Gasteiger partial charge in [0.1, 0.15) is 11.6 Å². The second-order valence-electron chi connectivity index (χ2n) is 6.61. The minimum atomic E-state index is -0.263. The van der Waals surface area contributed by atoms with Crippen molar-refractivity contribution in [3.63, 3.8) is 0 Å². The number of hydrogen-bond donors (Lipinski definition) is 1. The maximum atomic E-state index is 12.2. The number of rotatable bonds is 4. The van der Waals surface area contributed by atoms with Crippen LogP contribution in [0, 0.1) is 0 Å². The molecule has 2 heterocycles. The molecule has 0 bridgehead atoms. The van der Waals surface area contributed by atoms with E-state index in [0.29, 0.717) is 21.5 Å². The van der Waals surface area contributed by atoms with Crippen LogP contribution in [0.15, 0.2) is 36.4 Å². The molecule has 1 aliphatic rings. The Kier molecular flexibility index (Phi) is 5.23. The summed E-state index contributed by atoms with van der Waals surface area (Å²) in [4.78, 5) is 17.0. The van der Waals surface area contributed by atoms with Crippen molar-refractivity contribution in [2.24, 2.45) is 0 Å². The molecule has 27 heavy (non-hydrogen) atoms. The van der Waals surface area contributed by atoms with Crippen molar-refractivity contribution < 1.29 is 9.53 Å². The van der Waals surface area contributed by atoms with Gasteiger partial charge < -0.3 is 14.6 Å². The molecule has 0 saturated heterocycles. The van der Waals surface area contributed by atoms with Gasteiger partial charge in [-0.05, 0) is 49.2 Å². The zero-order valence-corrected chi connectivity index (χ0v) is 16.2. The van der Waals surface area contributed by atoms with E-state index in [-0.39, 0.29) is 12.5 Å². The first-order chi connectivity index (χ1) is 13.1. The highest BCUT2D eigenvalue weighted by molar-refractivity contribution is 6.35. The van der Waals surface area contributed by atoms with Crippen LogP contribution >= 0.6 is 23.2 Å². The highest BCUT2D eigenvalue weighted by atomic mass is 35.5. The average Bonchev–Trinajstić information content (AvgIpc) is 2.81. The molecule has 1 aromatic heterocycles. The number of fused-ring (bicyclic) bond motifs is 3. The first-order valence-corrected chi connectivity index (χ1v) is 9.72. The molecule has 4 rings (SSSR count). The molecule has 0 fully saturated rings. The number of nitrogens with one attached hydrogen (secondary N) is 1. The van der Waals surface area contributed by atoms with E-state index in [4.69, 9.17) is 32.9 Å². The van der Waals surface area contributed by atoms with E-state index in [9.17, 15) is 4.79 Å². The van der Waals surface area contributed by atoms with Crippen molar-refractivity contribution in [2.75, 3.05) is 11.9 Å². The fraction of sp³-hybridized carbons (Fsp3) is 0.300. The minimum Gasteiger partial charge on any atom is -0.482 e. The molecule has 1 N–H and O–H groups in total. The summed E-state index contributed by atoms with van der Waals surface area (Å²) in [5.41, 5.74) is 2.73. The van der Waals surface area contributed by atoms with Gasteiger partial charge in [0.15, 0.2) is 6.61 Å². The van der Waals surface area contributed by atoms with E-state index in [0.717, 1.165) is 29.8 Å². The molecular weight excluding hydrogens is 385 g/mol. The SMILES string of the molecule is O=C(COc1ccc(Cl)cc1Cl)Nc1ccc2c(c1)nc1n2CCCCC1. The summed E-state index contributed by atoms with van der Waals surface area (Å²) in [5.74, 6) is 1.29. The second-order valence-corrected chi connectivity index (χ2v) is 7.45. The number of aromatic nitrogens is 2. The lowest BCUT2D eigenvalue weighted by molar-refractivity contribution is -0.118. The third-order valence-corrected chi connectivity index (χ3v) is 5.18. The molecule has 0 saturated carbocycles. The fourth-order valence-corrected chi connectivity index (χ4v) is 3.82. The van der Waals surface area contributed by atoms with Gasteiger partial charge in [0.25, 0.3) is 5.91 Å². The Hall–Kier alpha value is -2.24. The maximum Gasteiger partial charge on any atom is 0.262 e. The normalized spacial score (nSPS) is 13.9. The number of aryl methyl sites for hydroxylation is 2. The highest BCUT2D eigenvalue weighted by Gasteiger charge is 2.14. The van der Waals surface area contributed by atoms with Gasteiger partial charge >= 0.3 is 0 Å². The van der Waals surface area contributed by atoms with Crippen molar-refractivity contribution in [3.8, 4) is 5.75 Å². The molecule has 0 radical (unpaired) electrons. The predicted octanol–water partition coefficient (Wildman–Crippen LogP) is 5.09. The lowest BCUT2D eigenvalue weighted by Gasteiger charge is -2.09. The summed E-state index contributed by atoms with van der Waals surface area (Å²) >= 11 is 11.9. The number of imidazole rings is 1. The van der Waals surface area contributed by atoms with Crippen LogP contribution < -0.4 is 10.1 Å². The van der Waals surface area contributed by atoms with Crippen molar-refractivity contribution in [1.29, 1.82) is 0 Å². The number of carbonyl (C=O) groups is 1. The number of carbonyl (C=O) groups excluding carboxylic acids is 1. The smallest absolute Gasteiger partial charge is 0.262 e. The van der Waals surface area contributed by atoms with E-state index in [1.165, 1.54) is 19.3 Å². The number of anilines is 1. The van der Waals surface area contributed by atoms with Gasteiger partial charge in [0.2, 0.25) is 0 Å². The van der Waals surface area contributed by atoms with Crippen molar-refractivity contribution >= 4 is 45.8 Å². The van der Waals surface area contributed by atoms with Crippen LogP contribution in [0.5, 0.6) is 5.75 Å². The molecule has 0 atom stereocenters. The predicted molar refractivity (Wildman–Crippen MR) is 108 cm³/mol. The van der Waals surface area contributed by atoms with E-state index in [1.54, 1.807) is 18.2 Å². The number of hydrogen-bond acceptors (Lipinski definition) is 3. The molecule has 140 valence electrons. The summed E-state index contributed by atoms with van der Waals surface area (Å²) in [6, 6.07) is 10.7. The number of ether oxygens (including phenoxy) is 1. The third-order valence-electron chi connectivity index (χ3n) is 4.65. The largest absolute Gasteiger partial charge is 0.482 e. The highest BCUT2D eigenvalue weighted by Crippen LogP contribution is 2.28. The molecule has 0 aliphatic carbocycles. The summed E-state index contributed by atoms with van der Waals surface area (Å²) < 4.78 is 7.76. The number of benzene rings is 2. The van der Waals surface area contributed by atoms with Crippen LogP contribution in [0.1, 0.15) is 25.1 Å². The van der Waals surface area contributed by atoms with Crippen LogP contribution in [0.25, 0.3) is 11.0 Å². The van der Waals surface area contributed by atoms with Gasteiger partial charge in [-0.1, -0.05) is 29.6 Å². The summed E-state index contributed by atoms with van der Waals surface area (Å²) in [6.45, 7) is 0.867. The second kappa shape index (κ2) is 7.79. The number of amides is 1. The van der Waals surface area contributed by atoms with E-state index >= 15 is 0 Å². The summed E-state index contributed by atoms with van der Waals surface area (Å²) in [6.07, 6.45) is 4.61. The Balaban J connectivity index is 1.44. The number of halogens is 2. The molecule has 0 unspecified atom stereocenters. The molecule has 1 amide bonds. The Morgan fingerprint density at radius 2 is 2.04 bits per heavy atom. The molecule has 0 spiro atoms. The molecular formula is C20H19Cl2N3O2. The average molecular weight is 404 g/mol. The van der Waals surface area contributed by atoms with Crippen molar-refractivity contribution in [2.45, 2.75) is 32.2 Å². The first-order valence-electron chi connectivity index (χ1n) is 8.97. The zero-order valence-electron chi connectivity index (χ0n) is 14.7. The van der Waals surface area contributed by atoms with Gasteiger partial charge in [-0.3, -0.25) is 4.79 Å². The van der Waals surface area contributed by atoms with Crippen LogP contribution in [-0.4, -0.2) is 22.1 Å². The quantitative estimate of drug-likeness (QED) is 0.659. The Bertz CT molecular complexity index is 1000. The van der Waals surface area contributed by atoms with Gasteiger partial charge in [0.05, 0.1) is 16.1 Å². The van der Waals surface area contributed by atoms with Crippen molar-refractivity contribution in [3.05, 3.63) is 52.3 Å². The zero-order chi connectivity index (χ0) is 18.8. The minimum absolute atomic E-state index is 0.140. The summed E-state index contributed by atoms with van der Waals surface area (Å²) in [5, 5.41) is 3.73. The Morgan fingerprint density at radius 1 is 1.15 bits per heavy atom. The monoisotopic (exact) mass is 403 g/mol. The topological polar surface area (TPSA) is 56.1 Å². The fourth-order valence-electron chi connectivity index (χ4n) is 3.36. The van der Waals surface area contributed by atoms with E-state index < -0.39 is 0 Å². The van der Waals surface area contributed by atoms with Gasteiger partial charge in [-0.25, -0.2) is 4.98 Å². The van der Waals surface area contributed by atoms with Crippen LogP contribution in [0.4, 0.5) is 5.69 Å². The molecule has 5 nitrogen and oxygen atoms in total. The summed E-state index contributed by atoms with van der Waals surface area (Å²) in [7, 11) is 0. The Morgan fingerprint density at radius 3 is 2.89 bits per heavy atom. The standard InChI is InChI=1S/C20H19Cl2N3O2/c21-13-5-8-18(15(22)10-13)27-12-20(26)23-14-6-7-17-16(11-14)24-19-4-2-1-3-9-25(17)19/h5-8,10-11H,1-4,9,12H2,(H,23,26). The van der Waals surface area contributed by atoms with Crippen LogP contribution in [-0.2, 0) is 17.8 Å². The maximum absolute atomic E-state index is 12.2. The lowest BCUT2D eigenvalue weighted by Crippen LogP contribution is -2.20. The third kappa shape index (κ3) is 4.04. The van der Waals surface area contributed by atoms with Crippen LogP contribution in [0.3, 0.4) is 0 Å². The number of nitrogens with zero attached hydrogens (tertiary/aromatic N) is 2. The van der Waals surface area contributed by atoms with Gasteiger partial charge in [-0.15, -0.1) is 0 Å². The Labute approximate surface area is 167 Å². The van der Waals surface area contributed by atoms with E-state index in [2.05, 4.69) is 9.88 Å². The van der Waals surface area contributed by atoms with Gasteiger partial charge in [-0.2, -0.15) is 0 Å². The molecule has 7 heteroatoms.